The molecule has 1 unspecified atom stereocenters. The molecule has 3 heterocycles. The molecule has 0 saturated carbocycles. The second-order valence-corrected chi connectivity index (χ2v) is 6.40. The summed E-state index contributed by atoms with van der Waals surface area (Å²) in [6.07, 6.45) is 6.06. The molecule has 26 heavy (non-hydrogen) atoms. The molecular weight excluding hydrogens is 328 g/mol. The third-order valence-corrected chi connectivity index (χ3v) is 4.28. The number of likely N-dealkylation sites (tertiary alicyclic amines) is 1. The summed E-state index contributed by atoms with van der Waals surface area (Å²) in [6.45, 7) is 3.89. The summed E-state index contributed by atoms with van der Waals surface area (Å²) in [5, 5.41) is 0. The Balaban J connectivity index is 1.75. The summed E-state index contributed by atoms with van der Waals surface area (Å²) in [5.74, 6) is 1.77. The van der Waals surface area contributed by atoms with Crippen LogP contribution in [0.5, 0.6) is 11.5 Å². The average Bonchev–Trinajstić information content (AvgIpc) is 3.04. The lowest BCUT2D eigenvalue weighted by atomic mass is 10.2. The fourth-order valence-corrected chi connectivity index (χ4v) is 2.85. The Morgan fingerprint density at radius 2 is 2.23 bits per heavy atom. The first kappa shape index (κ1) is 17.9. The van der Waals surface area contributed by atoms with Gasteiger partial charge in [0.15, 0.2) is 0 Å². The van der Waals surface area contributed by atoms with E-state index >= 15 is 0 Å². The Morgan fingerprint density at radius 1 is 1.38 bits per heavy atom. The summed E-state index contributed by atoms with van der Waals surface area (Å²) in [7, 11) is 2.10. The zero-order chi connectivity index (χ0) is 18.5. The van der Waals surface area contributed by atoms with Gasteiger partial charge in [0.05, 0.1) is 17.4 Å². The number of hydrogen-bond acceptors (Lipinski definition) is 7. The van der Waals surface area contributed by atoms with Gasteiger partial charge in [-0.3, -0.25) is 9.98 Å². The smallest absolute Gasteiger partial charge is 0.148 e. The van der Waals surface area contributed by atoms with Gasteiger partial charge in [0.25, 0.3) is 0 Å². The van der Waals surface area contributed by atoms with Crippen LogP contribution in [0, 0.1) is 6.92 Å². The molecule has 136 valence electrons. The van der Waals surface area contributed by atoms with Crippen molar-refractivity contribution in [2.45, 2.75) is 19.4 Å². The van der Waals surface area contributed by atoms with Crippen molar-refractivity contribution < 1.29 is 4.74 Å². The molecule has 1 atom stereocenters. The molecule has 0 aliphatic carbocycles. The van der Waals surface area contributed by atoms with Gasteiger partial charge in [-0.2, -0.15) is 0 Å². The van der Waals surface area contributed by atoms with E-state index in [0.717, 1.165) is 30.8 Å². The lowest BCUT2D eigenvalue weighted by Crippen LogP contribution is -2.15. The molecular formula is C19H24N6O. The van der Waals surface area contributed by atoms with E-state index in [-0.39, 0.29) is 0 Å². The molecule has 1 aliphatic heterocycles. The van der Waals surface area contributed by atoms with Gasteiger partial charge in [-0.15, -0.1) is 0 Å². The van der Waals surface area contributed by atoms with E-state index in [2.05, 4.69) is 26.9 Å². The van der Waals surface area contributed by atoms with Gasteiger partial charge in [0, 0.05) is 36.8 Å². The van der Waals surface area contributed by atoms with Gasteiger partial charge in [0.2, 0.25) is 0 Å². The van der Waals surface area contributed by atoms with Crippen LogP contribution in [-0.4, -0.2) is 47.3 Å². The van der Waals surface area contributed by atoms with Gasteiger partial charge in [-0.1, -0.05) is 0 Å². The Bertz CT molecular complexity index is 833. The van der Waals surface area contributed by atoms with Crippen LogP contribution in [0.2, 0.25) is 0 Å². The fourth-order valence-electron chi connectivity index (χ4n) is 2.85. The van der Waals surface area contributed by atoms with Crippen molar-refractivity contribution in [3.05, 3.63) is 48.1 Å². The molecule has 0 aromatic carbocycles. The van der Waals surface area contributed by atoms with E-state index in [9.17, 15) is 0 Å². The highest BCUT2D eigenvalue weighted by Gasteiger charge is 2.17. The topological polar surface area (TPSA) is 103 Å². The van der Waals surface area contributed by atoms with Gasteiger partial charge in [-0.25, -0.2) is 4.98 Å². The molecule has 1 aliphatic rings. The van der Waals surface area contributed by atoms with Crippen molar-refractivity contribution in [3.63, 3.8) is 0 Å². The summed E-state index contributed by atoms with van der Waals surface area (Å²) in [5.41, 5.74) is 13.7. The molecule has 3 rings (SSSR count). The van der Waals surface area contributed by atoms with Gasteiger partial charge in [-0.05, 0) is 45.1 Å². The summed E-state index contributed by atoms with van der Waals surface area (Å²) in [6, 6.07) is 7.44. The number of nitrogen functional groups attached to an aromatic ring is 1. The molecule has 4 N–H and O–H groups in total. The van der Waals surface area contributed by atoms with Crippen LogP contribution in [0.15, 0.2) is 41.7 Å². The molecule has 0 bridgehead atoms. The first-order valence-corrected chi connectivity index (χ1v) is 8.56. The lowest BCUT2D eigenvalue weighted by molar-refractivity contribution is 0.412. The summed E-state index contributed by atoms with van der Waals surface area (Å²) in [4.78, 5) is 15.5. The minimum absolute atomic E-state index is 0.304. The molecule has 7 heteroatoms. The van der Waals surface area contributed by atoms with Crippen LogP contribution in [0.4, 0.5) is 5.82 Å². The Kier molecular flexibility index (Phi) is 5.48. The number of aromatic nitrogens is 2. The molecule has 1 saturated heterocycles. The fraction of sp³-hybridized carbons (Fsp3) is 0.316. The second-order valence-electron chi connectivity index (χ2n) is 6.40. The maximum atomic E-state index is 5.91. The average molecular weight is 352 g/mol. The third kappa shape index (κ3) is 4.37. The monoisotopic (exact) mass is 352 g/mol. The predicted molar refractivity (Wildman–Crippen MR) is 104 cm³/mol. The van der Waals surface area contributed by atoms with Crippen LogP contribution in [0.1, 0.15) is 17.8 Å². The largest absolute Gasteiger partial charge is 0.455 e. The van der Waals surface area contributed by atoms with E-state index in [1.165, 1.54) is 6.20 Å². The second kappa shape index (κ2) is 7.97. The number of pyridine rings is 2. The van der Waals surface area contributed by atoms with Crippen LogP contribution in [0.3, 0.4) is 0 Å². The van der Waals surface area contributed by atoms with E-state index in [0.29, 0.717) is 29.1 Å². The van der Waals surface area contributed by atoms with E-state index in [4.69, 9.17) is 16.2 Å². The lowest BCUT2D eigenvalue weighted by Gasteiger charge is -2.10. The zero-order valence-electron chi connectivity index (χ0n) is 15.1. The SMILES string of the molecule is Cc1nc(N)ccc1Oc1ccnc(C(C=NC2CCN(C)C2)=CN)c1. The quantitative estimate of drug-likeness (QED) is 0.800. The number of anilines is 1. The van der Waals surface area contributed by atoms with Crippen molar-refractivity contribution >= 4 is 17.6 Å². The number of ether oxygens (including phenoxy) is 1. The molecule has 2 aromatic rings. The van der Waals surface area contributed by atoms with Crippen molar-refractivity contribution in [1.29, 1.82) is 0 Å². The Labute approximate surface area is 153 Å². The van der Waals surface area contributed by atoms with E-state index in [1.54, 1.807) is 30.6 Å². The first-order chi connectivity index (χ1) is 12.5. The number of nitrogens with zero attached hydrogens (tertiary/aromatic N) is 4. The van der Waals surface area contributed by atoms with E-state index < -0.39 is 0 Å². The molecule has 0 radical (unpaired) electrons. The number of allylic oxidation sites excluding steroid dienone is 1. The number of likely N-dealkylation sites (N-methyl/N-ethyl adjacent to an activating group) is 1. The molecule has 2 aromatic heterocycles. The van der Waals surface area contributed by atoms with Crippen LogP contribution in [-0.2, 0) is 0 Å². The summed E-state index contributed by atoms with van der Waals surface area (Å²) >= 11 is 0. The Hall–Kier alpha value is -2.93. The van der Waals surface area contributed by atoms with Crippen molar-refractivity contribution in [3.8, 4) is 11.5 Å². The minimum Gasteiger partial charge on any atom is -0.455 e. The number of rotatable bonds is 5. The standard InChI is InChI=1S/C19H24N6O/c1-13-18(3-4-19(21)24-13)26-16-5-7-22-17(9-16)14(10-20)11-23-15-6-8-25(2)12-15/h3-5,7,9-11,15H,6,8,12,20H2,1-2H3,(H2,21,24). The van der Waals surface area contributed by atoms with Crippen LogP contribution < -0.4 is 16.2 Å². The van der Waals surface area contributed by atoms with Crippen molar-refractivity contribution in [2.24, 2.45) is 10.7 Å². The normalized spacial score (nSPS) is 18.5. The molecule has 7 nitrogen and oxygen atoms in total. The number of nitrogens with two attached hydrogens (primary N) is 2. The van der Waals surface area contributed by atoms with Gasteiger partial charge >= 0.3 is 0 Å². The van der Waals surface area contributed by atoms with Crippen LogP contribution in [0.25, 0.3) is 5.57 Å². The minimum atomic E-state index is 0.304. The molecule has 1 fully saturated rings. The predicted octanol–water partition coefficient (Wildman–Crippen LogP) is 2.23. The highest BCUT2D eigenvalue weighted by Crippen LogP contribution is 2.26. The number of aryl methyl sites for hydroxylation is 1. The van der Waals surface area contributed by atoms with Crippen LogP contribution >= 0.6 is 0 Å². The maximum absolute atomic E-state index is 5.91. The Morgan fingerprint density at radius 3 is 2.92 bits per heavy atom. The maximum Gasteiger partial charge on any atom is 0.148 e. The highest BCUT2D eigenvalue weighted by molar-refractivity contribution is 6.08. The van der Waals surface area contributed by atoms with Crippen molar-refractivity contribution in [1.82, 2.24) is 14.9 Å². The summed E-state index contributed by atoms with van der Waals surface area (Å²) < 4.78 is 5.91. The van der Waals surface area contributed by atoms with Gasteiger partial charge < -0.3 is 21.1 Å². The van der Waals surface area contributed by atoms with Crippen molar-refractivity contribution in [2.75, 3.05) is 25.9 Å². The van der Waals surface area contributed by atoms with Gasteiger partial charge in [0.1, 0.15) is 17.3 Å². The first-order valence-electron chi connectivity index (χ1n) is 8.56. The number of aliphatic imine (C=N–C) groups is 1. The highest BCUT2D eigenvalue weighted by atomic mass is 16.5. The van der Waals surface area contributed by atoms with E-state index in [1.807, 2.05) is 13.0 Å². The molecule has 0 spiro atoms. The number of hydrogen-bond donors (Lipinski definition) is 2. The third-order valence-electron chi connectivity index (χ3n) is 4.28. The zero-order valence-corrected chi connectivity index (χ0v) is 15.1. The molecule has 0 amide bonds.